The van der Waals surface area contributed by atoms with E-state index in [2.05, 4.69) is 0 Å². The van der Waals surface area contributed by atoms with Crippen molar-refractivity contribution in [1.29, 1.82) is 5.26 Å². The smallest absolute Gasteiger partial charge is 0.340 e. The third kappa shape index (κ3) is 4.53. The van der Waals surface area contributed by atoms with E-state index < -0.39 is 16.0 Å². The fourth-order valence-electron chi connectivity index (χ4n) is 2.98. The molecule has 0 radical (unpaired) electrons. The number of carbonyl (C=O) groups is 1. The van der Waals surface area contributed by atoms with Crippen molar-refractivity contribution in [2.75, 3.05) is 13.1 Å². The van der Waals surface area contributed by atoms with Gasteiger partial charge in [-0.25, -0.2) is 13.2 Å². The summed E-state index contributed by atoms with van der Waals surface area (Å²) in [4.78, 5) is 12.5. The van der Waals surface area contributed by atoms with Crippen LogP contribution in [0.4, 0.5) is 0 Å². The van der Waals surface area contributed by atoms with Gasteiger partial charge in [0.15, 0.2) is 0 Å². The predicted octanol–water partition coefficient (Wildman–Crippen LogP) is 3.74. The zero-order valence-electron chi connectivity index (χ0n) is 15.1. The van der Waals surface area contributed by atoms with Gasteiger partial charge in [-0.3, -0.25) is 0 Å². The van der Waals surface area contributed by atoms with E-state index in [0.29, 0.717) is 24.2 Å². The van der Waals surface area contributed by atoms with Crippen molar-refractivity contribution >= 4 is 27.6 Å². The van der Waals surface area contributed by atoms with Gasteiger partial charge < -0.3 is 4.74 Å². The Labute approximate surface area is 169 Å². The molecule has 0 atom stereocenters. The lowest BCUT2D eigenvalue weighted by atomic mass is 10.1. The Balaban J connectivity index is 1.76. The van der Waals surface area contributed by atoms with Gasteiger partial charge in [0.1, 0.15) is 6.61 Å². The van der Waals surface area contributed by atoms with Gasteiger partial charge in [-0.15, -0.1) is 0 Å². The van der Waals surface area contributed by atoms with Crippen LogP contribution < -0.4 is 0 Å². The third-order valence-electron chi connectivity index (χ3n) is 4.56. The highest BCUT2D eigenvalue weighted by molar-refractivity contribution is 7.89. The van der Waals surface area contributed by atoms with Crippen LogP contribution in [0.25, 0.3) is 0 Å². The predicted molar refractivity (Wildman–Crippen MR) is 104 cm³/mol. The van der Waals surface area contributed by atoms with Crippen LogP contribution in [0.3, 0.4) is 0 Å². The summed E-state index contributed by atoms with van der Waals surface area (Å²) in [5, 5.41) is 8.94. The summed E-state index contributed by atoms with van der Waals surface area (Å²) in [6.45, 7) is 0.941. The van der Waals surface area contributed by atoms with E-state index in [9.17, 15) is 13.2 Å². The Bertz CT molecular complexity index is 1010. The van der Waals surface area contributed by atoms with E-state index in [1.165, 1.54) is 22.5 Å². The van der Waals surface area contributed by atoms with E-state index in [-0.39, 0.29) is 22.1 Å². The fraction of sp³-hybridized carbons (Fsp3) is 0.300. The van der Waals surface area contributed by atoms with Gasteiger partial charge in [-0.1, -0.05) is 30.2 Å². The Kier molecular flexibility index (Phi) is 6.35. The average Bonchev–Trinajstić information content (AvgIpc) is 2.73. The first-order chi connectivity index (χ1) is 13.4. The number of piperidine rings is 1. The van der Waals surface area contributed by atoms with Crippen molar-refractivity contribution in [3.63, 3.8) is 0 Å². The molecule has 0 saturated carbocycles. The second-order valence-corrected chi connectivity index (χ2v) is 8.84. The molecule has 0 bridgehead atoms. The minimum absolute atomic E-state index is 0.00777. The quantitative estimate of drug-likeness (QED) is 0.690. The highest BCUT2D eigenvalue weighted by Gasteiger charge is 2.27. The maximum absolute atomic E-state index is 12.8. The second kappa shape index (κ2) is 8.74. The van der Waals surface area contributed by atoms with Crippen LogP contribution in [0.2, 0.25) is 5.02 Å². The standard InChI is InChI=1S/C20H19ClN2O4S/c21-19-9-8-17(28(25,26)23-10-2-1-3-11-23)12-18(19)20(24)27-14-16-6-4-15(13-22)5-7-16/h4-9,12H,1-3,10-11,14H2. The number of hydrogen-bond donors (Lipinski definition) is 0. The maximum Gasteiger partial charge on any atom is 0.340 e. The lowest BCUT2D eigenvalue weighted by Crippen LogP contribution is -2.35. The summed E-state index contributed by atoms with van der Waals surface area (Å²) < 4.78 is 32.3. The molecule has 1 aliphatic heterocycles. The monoisotopic (exact) mass is 418 g/mol. The van der Waals surface area contributed by atoms with E-state index >= 15 is 0 Å². The van der Waals surface area contributed by atoms with Crippen LogP contribution in [0, 0.1) is 11.3 Å². The van der Waals surface area contributed by atoms with Gasteiger partial charge in [0.25, 0.3) is 0 Å². The van der Waals surface area contributed by atoms with Crippen LogP contribution in [0.5, 0.6) is 0 Å². The van der Waals surface area contributed by atoms with E-state index in [0.717, 1.165) is 19.3 Å². The van der Waals surface area contributed by atoms with Crippen LogP contribution in [-0.2, 0) is 21.4 Å². The third-order valence-corrected chi connectivity index (χ3v) is 6.79. The molecule has 0 N–H and O–H groups in total. The molecule has 1 aliphatic rings. The van der Waals surface area contributed by atoms with Crippen molar-refractivity contribution in [3.05, 3.63) is 64.2 Å². The molecule has 146 valence electrons. The number of esters is 1. The molecule has 28 heavy (non-hydrogen) atoms. The molecule has 1 fully saturated rings. The van der Waals surface area contributed by atoms with Crippen LogP contribution >= 0.6 is 11.6 Å². The van der Waals surface area contributed by atoms with Crippen LogP contribution in [-0.4, -0.2) is 31.8 Å². The molecule has 2 aromatic carbocycles. The van der Waals surface area contributed by atoms with Crippen molar-refractivity contribution in [3.8, 4) is 6.07 Å². The van der Waals surface area contributed by atoms with Gasteiger partial charge in [0.2, 0.25) is 10.0 Å². The van der Waals surface area contributed by atoms with Crippen molar-refractivity contribution in [2.45, 2.75) is 30.8 Å². The minimum atomic E-state index is -3.67. The second-order valence-electron chi connectivity index (χ2n) is 6.49. The SMILES string of the molecule is N#Cc1ccc(COC(=O)c2cc(S(=O)(=O)N3CCCCC3)ccc2Cl)cc1. The highest BCUT2D eigenvalue weighted by Crippen LogP contribution is 2.26. The number of benzene rings is 2. The zero-order chi connectivity index (χ0) is 20.1. The topological polar surface area (TPSA) is 87.5 Å². The Hall–Kier alpha value is -2.40. The van der Waals surface area contributed by atoms with Gasteiger partial charge in [0, 0.05) is 13.1 Å². The zero-order valence-corrected chi connectivity index (χ0v) is 16.7. The van der Waals surface area contributed by atoms with Gasteiger partial charge in [-0.05, 0) is 48.7 Å². The summed E-state index contributed by atoms with van der Waals surface area (Å²) in [5.74, 6) is -0.704. The molecule has 1 saturated heterocycles. The number of hydrogen-bond acceptors (Lipinski definition) is 5. The molecule has 0 spiro atoms. The number of nitriles is 1. The molecular formula is C20H19ClN2O4S. The van der Waals surface area contributed by atoms with Crippen LogP contribution in [0.1, 0.15) is 40.7 Å². The Morgan fingerprint density at radius 1 is 1.11 bits per heavy atom. The van der Waals surface area contributed by atoms with Crippen molar-refractivity contribution in [2.24, 2.45) is 0 Å². The molecule has 3 rings (SSSR count). The highest BCUT2D eigenvalue weighted by atomic mass is 35.5. The summed E-state index contributed by atoms with van der Waals surface area (Å²) >= 11 is 6.10. The van der Waals surface area contributed by atoms with E-state index in [4.69, 9.17) is 21.6 Å². The number of halogens is 1. The molecule has 0 unspecified atom stereocenters. The number of rotatable bonds is 5. The molecule has 0 aromatic heterocycles. The Morgan fingerprint density at radius 2 is 1.79 bits per heavy atom. The first-order valence-corrected chi connectivity index (χ1v) is 10.7. The number of carbonyl (C=O) groups excluding carboxylic acids is 1. The number of nitrogens with zero attached hydrogens (tertiary/aromatic N) is 2. The summed E-state index contributed by atoms with van der Waals surface area (Å²) in [5.41, 5.74) is 1.22. The van der Waals surface area contributed by atoms with Gasteiger partial charge >= 0.3 is 5.97 Å². The average molecular weight is 419 g/mol. The first-order valence-electron chi connectivity index (χ1n) is 8.87. The van der Waals surface area contributed by atoms with Crippen LogP contribution in [0.15, 0.2) is 47.4 Å². The molecule has 0 amide bonds. The normalized spacial score (nSPS) is 15.0. The summed E-state index contributed by atoms with van der Waals surface area (Å²) in [6, 6.07) is 12.7. The molecule has 8 heteroatoms. The largest absolute Gasteiger partial charge is 0.457 e. The molecule has 6 nitrogen and oxygen atoms in total. The van der Waals surface area contributed by atoms with Crippen molar-refractivity contribution in [1.82, 2.24) is 4.31 Å². The number of sulfonamides is 1. The molecular weight excluding hydrogens is 400 g/mol. The van der Waals surface area contributed by atoms with E-state index in [1.807, 2.05) is 6.07 Å². The van der Waals surface area contributed by atoms with Crippen molar-refractivity contribution < 1.29 is 17.9 Å². The van der Waals surface area contributed by atoms with Gasteiger partial charge in [-0.2, -0.15) is 9.57 Å². The number of ether oxygens (including phenoxy) is 1. The minimum Gasteiger partial charge on any atom is -0.457 e. The maximum atomic E-state index is 12.8. The lowest BCUT2D eigenvalue weighted by Gasteiger charge is -2.26. The molecule has 0 aliphatic carbocycles. The van der Waals surface area contributed by atoms with Gasteiger partial charge in [0.05, 0.1) is 27.1 Å². The summed E-state index contributed by atoms with van der Waals surface area (Å²) in [7, 11) is -3.67. The first kappa shape index (κ1) is 20.3. The lowest BCUT2D eigenvalue weighted by molar-refractivity contribution is 0.0472. The Morgan fingerprint density at radius 3 is 2.43 bits per heavy atom. The molecule has 1 heterocycles. The fourth-order valence-corrected chi connectivity index (χ4v) is 4.72. The summed E-state index contributed by atoms with van der Waals surface area (Å²) in [6.07, 6.45) is 2.66. The molecule has 2 aromatic rings. The van der Waals surface area contributed by atoms with E-state index in [1.54, 1.807) is 24.3 Å².